The fourth-order valence-corrected chi connectivity index (χ4v) is 2.85. The fraction of sp³-hybridized carbons (Fsp3) is 0.211. The van der Waals surface area contributed by atoms with Crippen molar-refractivity contribution >= 4 is 17.4 Å². The summed E-state index contributed by atoms with van der Waals surface area (Å²) in [6.07, 6.45) is 0.333. The topological polar surface area (TPSA) is 61.2 Å². The fourth-order valence-electron chi connectivity index (χ4n) is 2.85. The van der Waals surface area contributed by atoms with Crippen LogP contribution in [-0.4, -0.2) is 11.7 Å². The Morgan fingerprint density at radius 1 is 1.22 bits per heavy atom. The van der Waals surface area contributed by atoms with Gasteiger partial charge in [0.1, 0.15) is 5.92 Å². The average molecular weight is 304 g/mol. The molecular weight excluding hydrogens is 288 g/mol. The maximum atomic E-state index is 12.4. The van der Waals surface area contributed by atoms with Crippen LogP contribution in [0.2, 0.25) is 0 Å². The molecule has 114 valence electrons. The van der Waals surface area contributed by atoms with Crippen molar-refractivity contribution in [3.8, 4) is 6.07 Å². The van der Waals surface area contributed by atoms with Gasteiger partial charge in [0, 0.05) is 17.7 Å². The predicted octanol–water partition coefficient (Wildman–Crippen LogP) is 3.43. The molecule has 0 aliphatic carbocycles. The van der Waals surface area contributed by atoms with Gasteiger partial charge in [0.25, 0.3) is 5.91 Å². The molecule has 4 nitrogen and oxygen atoms in total. The standard InChI is InChI=1S/C19H16N2O2/c1-2-18(22)17(11-20)13-7-9-15(10-8-13)21-12-14-5-3-4-6-16(14)19(21)23/h3-10,17H,2,12H2,1H3. The van der Waals surface area contributed by atoms with Crippen LogP contribution in [0.3, 0.4) is 0 Å². The summed E-state index contributed by atoms with van der Waals surface area (Å²) in [5.74, 6) is -0.847. The number of anilines is 1. The third-order valence-electron chi connectivity index (χ3n) is 4.16. The van der Waals surface area contributed by atoms with E-state index >= 15 is 0 Å². The van der Waals surface area contributed by atoms with Crippen molar-refractivity contribution in [2.24, 2.45) is 0 Å². The first-order chi connectivity index (χ1) is 11.2. The molecule has 3 rings (SSSR count). The van der Waals surface area contributed by atoms with Crippen molar-refractivity contribution in [2.45, 2.75) is 25.8 Å². The number of carbonyl (C=O) groups is 2. The van der Waals surface area contributed by atoms with E-state index in [4.69, 9.17) is 0 Å². The van der Waals surface area contributed by atoms with Crippen LogP contribution in [0, 0.1) is 11.3 Å². The number of benzene rings is 2. The van der Waals surface area contributed by atoms with E-state index < -0.39 is 5.92 Å². The Bertz CT molecular complexity index is 803. The van der Waals surface area contributed by atoms with Crippen LogP contribution in [0.1, 0.15) is 40.7 Å². The first-order valence-corrected chi connectivity index (χ1v) is 7.57. The minimum absolute atomic E-state index is 0.0187. The minimum Gasteiger partial charge on any atom is -0.304 e. The highest BCUT2D eigenvalue weighted by molar-refractivity contribution is 6.10. The Hall–Kier alpha value is -2.93. The van der Waals surface area contributed by atoms with Crippen molar-refractivity contribution in [1.82, 2.24) is 0 Å². The zero-order valence-corrected chi connectivity index (χ0v) is 12.8. The van der Waals surface area contributed by atoms with Crippen molar-refractivity contribution in [2.75, 3.05) is 4.90 Å². The number of hydrogen-bond donors (Lipinski definition) is 0. The molecule has 1 atom stereocenters. The number of nitrogens with zero attached hydrogens (tertiary/aromatic N) is 2. The zero-order chi connectivity index (χ0) is 16.4. The molecule has 1 heterocycles. The number of nitriles is 1. The van der Waals surface area contributed by atoms with Crippen LogP contribution in [-0.2, 0) is 11.3 Å². The lowest BCUT2D eigenvalue weighted by Crippen LogP contribution is -2.23. The Kier molecular flexibility index (Phi) is 3.94. The molecule has 1 aliphatic rings. The summed E-state index contributed by atoms with van der Waals surface area (Å²) in [6, 6.07) is 16.7. The van der Waals surface area contributed by atoms with Gasteiger partial charge in [0.15, 0.2) is 5.78 Å². The number of Topliss-reactive ketones (excluding diaryl/α,β-unsaturated/α-hetero) is 1. The Morgan fingerprint density at radius 3 is 2.52 bits per heavy atom. The van der Waals surface area contributed by atoms with Crippen LogP contribution in [0.5, 0.6) is 0 Å². The number of amides is 1. The number of ketones is 1. The SMILES string of the molecule is CCC(=O)C(C#N)c1ccc(N2Cc3ccccc3C2=O)cc1. The highest BCUT2D eigenvalue weighted by atomic mass is 16.2. The highest BCUT2D eigenvalue weighted by Crippen LogP contribution is 2.29. The number of hydrogen-bond acceptors (Lipinski definition) is 3. The van der Waals surface area contributed by atoms with E-state index in [1.807, 2.05) is 24.3 Å². The molecule has 1 aliphatic heterocycles. The third-order valence-corrected chi connectivity index (χ3v) is 4.16. The molecule has 0 N–H and O–H groups in total. The highest BCUT2D eigenvalue weighted by Gasteiger charge is 2.28. The lowest BCUT2D eigenvalue weighted by molar-refractivity contribution is -0.119. The molecule has 0 fully saturated rings. The number of rotatable bonds is 4. The molecule has 1 unspecified atom stereocenters. The summed E-state index contributed by atoms with van der Waals surface area (Å²) in [7, 11) is 0. The summed E-state index contributed by atoms with van der Waals surface area (Å²) in [5.41, 5.74) is 3.19. The van der Waals surface area contributed by atoms with Crippen molar-refractivity contribution < 1.29 is 9.59 Å². The number of carbonyl (C=O) groups excluding carboxylic acids is 2. The van der Waals surface area contributed by atoms with Gasteiger partial charge in [0.05, 0.1) is 12.6 Å². The van der Waals surface area contributed by atoms with E-state index in [0.717, 1.165) is 16.8 Å². The van der Waals surface area contributed by atoms with Gasteiger partial charge in [-0.2, -0.15) is 5.26 Å². The van der Waals surface area contributed by atoms with E-state index in [9.17, 15) is 14.9 Å². The molecule has 4 heteroatoms. The van der Waals surface area contributed by atoms with Gasteiger partial charge >= 0.3 is 0 Å². The first kappa shape index (κ1) is 15.0. The van der Waals surface area contributed by atoms with Gasteiger partial charge in [-0.1, -0.05) is 37.3 Å². The Morgan fingerprint density at radius 2 is 1.91 bits per heavy atom. The van der Waals surface area contributed by atoms with Crippen LogP contribution in [0.25, 0.3) is 0 Å². The second kappa shape index (κ2) is 6.05. The smallest absolute Gasteiger partial charge is 0.258 e. The largest absolute Gasteiger partial charge is 0.304 e. The summed E-state index contributed by atoms with van der Waals surface area (Å²) < 4.78 is 0. The van der Waals surface area contributed by atoms with Crippen LogP contribution in [0.4, 0.5) is 5.69 Å². The second-order valence-electron chi connectivity index (χ2n) is 5.52. The molecular formula is C19H16N2O2. The molecule has 0 bridgehead atoms. The minimum atomic E-state index is -0.736. The van der Waals surface area contributed by atoms with E-state index in [0.29, 0.717) is 18.5 Å². The average Bonchev–Trinajstić information content (AvgIpc) is 2.93. The van der Waals surface area contributed by atoms with Gasteiger partial charge in [0.2, 0.25) is 0 Å². The Balaban J connectivity index is 1.86. The molecule has 23 heavy (non-hydrogen) atoms. The van der Waals surface area contributed by atoms with Crippen molar-refractivity contribution in [3.63, 3.8) is 0 Å². The summed E-state index contributed by atoms with van der Waals surface area (Å²) in [6.45, 7) is 2.30. The molecule has 0 aromatic heterocycles. The van der Waals surface area contributed by atoms with Crippen molar-refractivity contribution in [1.29, 1.82) is 5.26 Å². The van der Waals surface area contributed by atoms with E-state index in [2.05, 4.69) is 6.07 Å². The monoisotopic (exact) mass is 304 g/mol. The third kappa shape index (κ3) is 2.62. The van der Waals surface area contributed by atoms with Gasteiger partial charge in [-0.05, 0) is 29.3 Å². The lowest BCUT2D eigenvalue weighted by Gasteiger charge is -2.17. The molecule has 2 aromatic carbocycles. The summed E-state index contributed by atoms with van der Waals surface area (Å²) in [5, 5.41) is 9.19. The zero-order valence-electron chi connectivity index (χ0n) is 12.8. The maximum absolute atomic E-state index is 12.4. The second-order valence-corrected chi connectivity index (χ2v) is 5.52. The molecule has 0 saturated heterocycles. The van der Waals surface area contributed by atoms with E-state index in [-0.39, 0.29) is 11.7 Å². The van der Waals surface area contributed by atoms with Crippen LogP contribution in [0.15, 0.2) is 48.5 Å². The molecule has 0 spiro atoms. The van der Waals surface area contributed by atoms with Gasteiger partial charge in [-0.15, -0.1) is 0 Å². The Labute approximate surface area is 135 Å². The quantitative estimate of drug-likeness (QED) is 0.869. The van der Waals surface area contributed by atoms with Crippen molar-refractivity contribution in [3.05, 3.63) is 65.2 Å². The van der Waals surface area contributed by atoms with Crippen LogP contribution >= 0.6 is 0 Å². The van der Waals surface area contributed by atoms with Gasteiger partial charge in [-0.3, -0.25) is 9.59 Å². The van der Waals surface area contributed by atoms with Gasteiger partial charge < -0.3 is 4.90 Å². The first-order valence-electron chi connectivity index (χ1n) is 7.57. The lowest BCUT2D eigenvalue weighted by atomic mass is 9.94. The number of fused-ring (bicyclic) bond motifs is 1. The molecule has 2 aromatic rings. The van der Waals surface area contributed by atoms with E-state index in [1.54, 1.807) is 36.1 Å². The summed E-state index contributed by atoms with van der Waals surface area (Å²) >= 11 is 0. The van der Waals surface area contributed by atoms with Crippen LogP contribution < -0.4 is 4.90 Å². The molecule has 0 saturated carbocycles. The predicted molar refractivity (Wildman–Crippen MR) is 87.0 cm³/mol. The van der Waals surface area contributed by atoms with Gasteiger partial charge in [-0.25, -0.2) is 0 Å². The van der Waals surface area contributed by atoms with E-state index in [1.165, 1.54) is 0 Å². The maximum Gasteiger partial charge on any atom is 0.258 e. The summed E-state index contributed by atoms with van der Waals surface area (Å²) in [4.78, 5) is 26.0. The molecule has 0 radical (unpaired) electrons. The normalized spacial score (nSPS) is 14.3. The molecule has 1 amide bonds.